The van der Waals surface area contributed by atoms with Crippen LogP contribution in [0.1, 0.15) is 39.2 Å². The fraction of sp³-hybridized carbons (Fsp3) is 0.571. The van der Waals surface area contributed by atoms with Crippen molar-refractivity contribution in [3.63, 3.8) is 0 Å². The second-order valence-corrected chi connectivity index (χ2v) is 7.48. The molecule has 0 saturated heterocycles. The Kier molecular flexibility index (Phi) is 5.65. The van der Waals surface area contributed by atoms with E-state index in [1.165, 1.54) is 6.07 Å². The van der Waals surface area contributed by atoms with E-state index in [-0.39, 0.29) is 11.2 Å². The molecule has 0 amide bonds. The van der Waals surface area contributed by atoms with Crippen molar-refractivity contribution in [3.05, 3.63) is 34.1 Å². The van der Waals surface area contributed by atoms with E-state index in [0.717, 1.165) is 29.3 Å². The maximum atomic E-state index is 13.6. The van der Waals surface area contributed by atoms with Crippen molar-refractivity contribution in [2.75, 3.05) is 0 Å². The Morgan fingerprint density at radius 3 is 2.47 bits per heavy atom. The van der Waals surface area contributed by atoms with Crippen molar-refractivity contribution in [2.45, 2.75) is 44.9 Å². The fourth-order valence-corrected chi connectivity index (χ4v) is 2.29. The van der Waals surface area contributed by atoms with Gasteiger partial charge in [-0.3, -0.25) is 0 Å². The lowest BCUT2D eigenvalue weighted by Crippen LogP contribution is -2.20. The number of aryl methyl sites for hydroxylation is 1. The summed E-state index contributed by atoms with van der Waals surface area (Å²) in [5.41, 5.74) is 1.07. The molecule has 1 aromatic rings. The third-order valence-electron chi connectivity index (χ3n) is 2.86. The van der Waals surface area contributed by atoms with Crippen LogP contribution in [0.4, 0.5) is 4.39 Å². The summed E-state index contributed by atoms with van der Waals surface area (Å²) in [5, 5.41) is 0. The highest BCUT2D eigenvalue weighted by atomic mass is 79.9. The van der Waals surface area contributed by atoms with Gasteiger partial charge in [-0.15, -0.1) is 0 Å². The molecule has 0 heterocycles. The first kappa shape index (κ1) is 15.2. The smallest absolute Gasteiger partial charge is 0.127 e. The summed E-state index contributed by atoms with van der Waals surface area (Å²) in [4.78, 5) is 0.480. The standard InChI is InChI=1S/C14H19Br2F/c1-14(2,3)13(16)6-4-5-10-7-8-11(15)9-12(10)17/h7-9,13H,4-6H2,1-3H3. The SMILES string of the molecule is CC(C)(C)C(Br)CCCc1ccc(Br)cc1F. The second-order valence-electron chi connectivity index (χ2n) is 5.46. The lowest BCUT2D eigenvalue weighted by Gasteiger charge is -2.25. The van der Waals surface area contributed by atoms with Gasteiger partial charge in [0.15, 0.2) is 0 Å². The van der Waals surface area contributed by atoms with Crippen LogP contribution >= 0.6 is 31.9 Å². The summed E-state index contributed by atoms with van der Waals surface area (Å²) >= 11 is 6.97. The first-order chi connectivity index (χ1) is 7.80. The van der Waals surface area contributed by atoms with Crippen molar-refractivity contribution < 1.29 is 4.39 Å². The normalized spacial score (nSPS) is 13.8. The van der Waals surface area contributed by atoms with E-state index in [1.54, 1.807) is 0 Å². The molecule has 1 rings (SSSR count). The average molecular weight is 366 g/mol. The largest absolute Gasteiger partial charge is 0.207 e. The van der Waals surface area contributed by atoms with Crippen LogP contribution in [0.25, 0.3) is 0 Å². The molecule has 1 aromatic carbocycles. The van der Waals surface area contributed by atoms with E-state index < -0.39 is 0 Å². The molecule has 0 bridgehead atoms. The predicted octanol–water partition coefficient (Wildman–Crippen LogP) is 5.72. The number of halogens is 3. The van der Waals surface area contributed by atoms with Crippen LogP contribution in [-0.4, -0.2) is 4.83 Å². The van der Waals surface area contributed by atoms with Crippen molar-refractivity contribution in [1.82, 2.24) is 0 Å². The van der Waals surface area contributed by atoms with Crippen LogP contribution < -0.4 is 0 Å². The van der Waals surface area contributed by atoms with Gasteiger partial charge >= 0.3 is 0 Å². The summed E-state index contributed by atoms with van der Waals surface area (Å²) < 4.78 is 14.4. The third kappa shape index (κ3) is 5.09. The maximum absolute atomic E-state index is 13.6. The van der Waals surface area contributed by atoms with E-state index in [2.05, 4.69) is 52.6 Å². The Labute approximate surface area is 120 Å². The van der Waals surface area contributed by atoms with E-state index in [1.807, 2.05) is 12.1 Å². The molecule has 1 unspecified atom stereocenters. The molecule has 0 aliphatic heterocycles. The quantitative estimate of drug-likeness (QED) is 0.598. The van der Waals surface area contributed by atoms with Gasteiger partial charge in [-0.2, -0.15) is 0 Å². The zero-order valence-corrected chi connectivity index (χ0v) is 13.7. The Hall–Kier alpha value is 0.110. The lowest BCUT2D eigenvalue weighted by molar-refractivity contribution is 0.380. The minimum atomic E-state index is -0.110. The molecule has 0 saturated carbocycles. The van der Waals surface area contributed by atoms with Crippen LogP contribution in [0.3, 0.4) is 0 Å². The summed E-state index contributed by atoms with van der Waals surface area (Å²) in [6.45, 7) is 6.64. The molecule has 3 heteroatoms. The molecule has 1 atom stereocenters. The van der Waals surface area contributed by atoms with Crippen LogP contribution in [-0.2, 0) is 6.42 Å². The first-order valence-corrected chi connectivity index (χ1v) is 7.59. The van der Waals surface area contributed by atoms with Gasteiger partial charge in [0.2, 0.25) is 0 Å². The summed E-state index contributed by atoms with van der Waals surface area (Å²) in [5.74, 6) is -0.110. The number of rotatable bonds is 4. The second kappa shape index (κ2) is 6.33. The molecule has 0 N–H and O–H groups in total. The van der Waals surface area contributed by atoms with Gasteiger partial charge in [0.25, 0.3) is 0 Å². The van der Waals surface area contributed by atoms with Gasteiger partial charge in [-0.25, -0.2) is 4.39 Å². The summed E-state index contributed by atoms with van der Waals surface area (Å²) in [6, 6.07) is 5.29. The van der Waals surface area contributed by atoms with Crippen LogP contribution in [0.15, 0.2) is 22.7 Å². The molecule has 0 aliphatic rings. The molecule has 0 aromatic heterocycles. The Balaban J connectivity index is 2.46. The summed E-state index contributed by atoms with van der Waals surface area (Å²) in [7, 11) is 0. The van der Waals surface area contributed by atoms with Gasteiger partial charge in [0.1, 0.15) is 5.82 Å². The number of hydrogen-bond donors (Lipinski definition) is 0. The lowest BCUT2D eigenvalue weighted by atomic mass is 9.89. The molecule has 0 radical (unpaired) electrons. The molecule has 0 aliphatic carbocycles. The van der Waals surface area contributed by atoms with Crippen molar-refractivity contribution >= 4 is 31.9 Å². The highest BCUT2D eigenvalue weighted by Crippen LogP contribution is 2.30. The monoisotopic (exact) mass is 364 g/mol. The third-order valence-corrected chi connectivity index (χ3v) is 5.18. The van der Waals surface area contributed by atoms with Crippen LogP contribution in [0, 0.1) is 11.2 Å². The number of benzene rings is 1. The topological polar surface area (TPSA) is 0 Å². The predicted molar refractivity (Wildman–Crippen MR) is 79.2 cm³/mol. The van der Waals surface area contributed by atoms with Gasteiger partial charge in [-0.05, 0) is 42.4 Å². The molecular weight excluding hydrogens is 347 g/mol. The van der Waals surface area contributed by atoms with Crippen LogP contribution in [0.2, 0.25) is 0 Å². The molecule has 0 spiro atoms. The van der Waals surface area contributed by atoms with Gasteiger partial charge < -0.3 is 0 Å². The van der Waals surface area contributed by atoms with E-state index in [0.29, 0.717) is 4.83 Å². The first-order valence-electron chi connectivity index (χ1n) is 5.88. The summed E-state index contributed by atoms with van der Waals surface area (Å²) in [6.07, 6.45) is 2.88. The number of alkyl halides is 1. The van der Waals surface area contributed by atoms with Gasteiger partial charge in [-0.1, -0.05) is 58.7 Å². The zero-order valence-electron chi connectivity index (χ0n) is 10.6. The molecular formula is C14H19Br2F. The van der Waals surface area contributed by atoms with E-state index >= 15 is 0 Å². The van der Waals surface area contributed by atoms with E-state index in [4.69, 9.17) is 0 Å². The zero-order chi connectivity index (χ0) is 13.1. The fourth-order valence-electron chi connectivity index (χ4n) is 1.63. The van der Waals surface area contributed by atoms with Crippen molar-refractivity contribution in [2.24, 2.45) is 5.41 Å². The molecule has 96 valence electrons. The van der Waals surface area contributed by atoms with Crippen molar-refractivity contribution in [3.8, 4) is 0 Å². The van der Waals surface area contributed by atoms with E-state index in [9.17, 15) is 4.39 Å². The molecule has 0 fully saturated rings. The minimum Gasteiger partial charge on any atom is -0.207 e. The van der Waals surface area contributed by atoms with Crippen LogP contribution in [0.5, 0.6) is 0 Å². The average Bonchev–Trinajstić information content (AvgIpc) is 2.19. The van der Waals surface area contributed by atoms with Gasteiger partial charge in [0, 0.05) is 9.30 Å². The Bertz CT molecular complexity index is 369. The Morgan fingerprint density at radius 2 is 1.94 bits per heavy atom. The Morgan fingerprint density at radius 1 is 1.29 bits per heavy atom. The highest BCUT2D eigenvalue weighted by molar-refractivity contribution is 9.10. The minimum absolute atomic E-state index is 0.110. The highest BCUT2D eigenvalue weighted by Gasteiger charge is 2.21. The molecule has 0 nitrogen and oxygen atoms in total. The molecule has 17 heavy (non-hydrogen) atoms. The van der Waals surface area contributed by atoms with Gasteiger partial charge in [0.05, 0.1) is 0 Å². The van der Waals surface area contributed by atoms with Crippen molar-refractivity contribution in [1.29, 1.82) is 0 Å². The number of hydrogen-bond acceptors (Lipinski definition) is 0. The maximum Gasteiger partial charge on any atom is 0.127 e.